The molecule has 23 heavy (non-hydrogen) atoms. The van der Waals surface area contributed by atoms with Crippen molar-refractivity contribution in [2.45, 2.75) is 50.4 Å². The van der Waals surface area contributed by atoms with Gasteiger partial charge in [-0.05, 0) is 68.8 Å². The maximum atomic E-state index is 13.6. The highest BCUT2D eigenvalue weighted by molar-refractivity contribution is 5.88. The molecule has 0 aromatic heterocycles. The van der Waals surface area contributed by atoms with Crippen LogP contribution in [0.1, 0.15) is 50.5 Å². The number of carbonyl (C=O) groups is 1. The number of amides is 1. The zero-order valence-corrected chi connectivity index (χ0v) is 13.7. The summed E-state index contributed by atoms with van der Waals surface area (Å²) in [5.41, 5.74) is 0.319. The lowest BCUT2D eigenvalue weighted by molar-refractivity contribution is -0.126. The minimum absolute atomic E-state index is 0.0874. The molecule has 1 amide bonds. The molecule has 1 saturated heterocycles. The van der Waals surface area contributed by atoms with Gasteiger partial charge < -0.3 is 10.6 Å². The molecular weight excluding hydrogens is 291 g/mol. The standard InChI is InChI=1S/C19H27FN2O/c20-17-7-3-6-16(13-17)19(9-1-2-10-19)18(23)22-12-8-15-5-4-11-21-14-15/h3,6-7,13,15,21H,1-2,4-5,8-12,14H2,(H,22,23). The van der Waals surface area contributed by atoms with Gasteiger partial charge in [-0.15, -0.1) is 0 Å². The Hall–Kier alpha value is -1.42. The molecule has 2 aliphatic rings. The van der Waals surface area contributed by atoms with Crippen LogP contribution in [0.25, 0.3) is 0 Å². The third kappa shape index (κ3) is 3.74. The molecule has 1 aromatic rings. The monoisotopic (exact) mass is 318 g/mol. The number of rotatable bonds is 5. The summed E-state index contributed by atoms with van der Waals surface area (Å²) < 4.78 is 13.6. The van der Waals surface area contributed by atoms with E-state index in [0.29, 0.717) is 5.92 Å². The average Bonchev–Trinajstić information content (AvgIpc) is 3.07. The van der Waals surface area contributed by atoms with Crippen LogP contribution in [0.4, 0.5) is 4.39 Å². The maximum Gasteiger partial charge on any atom is 0.230 e. The Kier molecular flexibility index (Phi) is 5.31. The molecule has 3 nitrogen and oxygen atoms in total. The molecule has 126 valence electrons. The van der Waals surface area contributed by atoms with Crippen molar-refractivity contribution in [1.29, 1.82) is 0 Å². The SMILES string of the molecule is O=C(NCCC1CCCNC1)C1(c2cccc(F)c2)CCCC1. The van der Waals surface area contributed by atoms with E-state index in [4.69, 9.17) is 0 Å². The molecule has 1 aliphatic carbocycles. The largest absolute Gasteiger partial charge is 0.355 e. The Bertz CT molecular complexity index is 534. The Morgan fingerprint density at radius 1 is 1.30 bits per heavy atom. The normalized spacial score (nSPS) is 23.6. The fourth-order valence-corrected chi connectivity index (χ4v) is 4.14. The molecule has 2 N–H and O–H groups in total. The number of halogens is 1. The van der Waals surface area contributed by atoms with Crippen molar-refractivity contribution >= 4 is 5.91 Å². The van der Waals surface area contributed by atoms with E-state index >= 15 is 0 Å². The van der Waals surface area contributed by atoms with Crippen LogP contribution in [0, 0.1) is 11.7 Å². The molecule has 1 atom stereocenters. The second-order valence-corrected chi connectivity index (χ2v) is 7.06. The summed E-state index contributed by atoms with van der Waals surface area (Å²) in [5.74, 6) is 0.497. The number of piperidine rings is 1. The Balaban J connectivity index is 1.62. The maximum absolute atomic E-state index is 13.6. The van der Waals surface area contributed by atoms with Crippen LogP contribution in [0.15, 0.2) is 24.3 Å². The van der Waals surface area contributed by atoms with Gasteiger partial charge in [0.2, 0.25) is 5.91 Å². The zero-order chi connectivity index (χ0) is 16.1. The van der Waals surface area contributed by atoms with Crippen molar-refractivity contribution in [3.05, 3.63) is 35.6 Å². The van der Waals surface area contributed by atoms with Crippen LogP contribution in [0.3, 0.4) is 0 Å². The Morgan fingerprint density at radius 3 is 2.83 bits per heavy atom. The number of benzene rings is 1. The van der Waals surface area contributed by atoms with E-state index in [1.165, 1.54) is 25.0 Å². The number of hydrogen-bond acceptors (Lipinski definition) is 2. The van der Waals surface area contributed by atoms with Gasteiger partial charge in [0.1, 0.15) is 5.82 Å². The molecule has 1 aliphatic heterocycles. The van der Waals surface area contributed by atoms with Gasteiger partial charge in [0.15, 0.2) is 0 Å². The number of carbonyl (C=O) groups excluding carboxylic acids is 1. The summed E-state index contributed by atoms with van der Waals surface area (Å²) in [6.45, 7) is 2.90. The molecule has 1 aromatic carbocycles. The quantitative estimate of drug-likeness (QED) is 0.876. The van der Waals surface area contributed by atoms with Crippen molar-refractivity contribution in [3.63, 3.8) is 0 Å². The molecule has 1 unspecified atom stereocenters. The predicted molar refractivity (Wildman–Crippen MR) is 89.8 cm³/mol. The first kappa shape index (κ1) is 16.4. The highest BCUT2D eigenvalue weighted by atomic mass is 19.1. The lowest BCUT2D eigenvalue weighted by atomic mass is 9.78. The summed E-state index contributed by atoms with van der Waals surface area (Å²) >= 11 is 0. The molecule has 3 rings (SSSR count). The summed E-state index contributed by atoms with van der Waals surface area (Å²) in [7, 11) is 0. The lowest BCUT2D eigenvalue weighted by Gasteiger charge is -2.29. The van der Waals surface area contributed by atoms with E-state index < -0.39 is 5.41 Å². The van der Waals surface area contributed by atoms with E-state index in [9.17, 15) is 9.18 Å². The van der Waals surface area contributed by atoms with Crippen LogP contribution in [0.5, 0.6) is 0 Å². The summed E-state index contributed by atoms with van der Waals surface area (Å²) in [4.78, 5) is 12.9. The topological polar surface area (TPSA) is 41.1 Å². The van der Waals surface area contributed by atoms with Gasteiger partial charge in [-0.1, -0.05) is 25.0 Å². The lowest BCUT2D eigenvalue weighted by Crippen LogP contribution is -2.43. The second kappa shape index (κ2) is 7.43. The first-order chi connectivity index (χ1) is 11.2. The summed E-state index contributed by atoms with van der Waals surface area (Å²) in [5, 5.41) is 6.55. The van der Waals surface area contributed by atoms with Crippen molar-refractivity contribution < 1.29 is 9.18 Å². The third-order valence-corrected chi connectivity index (χ3v) is 5.51. The summed E-state index contributed by atoms with van der Waals surface area (Å²) in [6, 6.07) is 6.60. The predicted octanol–water partition coefficient (Wildman–Crippen LogP) is 3.14. The van der Waals surface area contributed by atoms with Crippen LogP contribution in [-0.4, -0.2) is 25.5 Å². The molecule has 0 radical (unpaired) electrons. The zero-order valence-electron chi connectivity index (χ0n) is 13.7. The number of hydrogen-bond donors (Lipinski definition) is 2. The van der Waals surface area contributed by atoms with Gasteiger partial charge >= 0.3 is 0 Å². The average molecular weight is 318 g/mol. The molecule has 1 heterocycles. The minimum atomic E-state index is -0.521. The second-order valence-electron chi connectivity index (χ2n) is 7.06. The van der Waals surface area contributed by atoms with Gasteiger partial charge in [0, 0.05) is 6.54 Å². The van der Waals surface area contributed by atoms with Crippen molar-refractivity contribution in [1.82, 2.24) is 10.6 Å². The van der Waals surface area contributed by atoms with Gasteiger partial charge in [0.25, 0.3) is 0 Å². The minimum Gasteiger partial charge on any atom is -0.355 e. The van der Waals surface area contributed by atoms with Gasteiger partial charge in [-0.2, -0.15) is 0 Å². The highest BCUT2D eigenvalue weighted by Gasteiger charge is 2.42. The van der Waals surface area contributed by atoms with E-state index in [1.807, 2.05) is 6.07 Å². The molecule has 1 saturated carbocycles. The van der Waals surface area contributed by atoms with Gasteiger partial charge in [-0.3, -0.25) is 4.79 Å². The first-order valence-corrected chi connectivity index (χ1v) is 8.96. The molecule has 0 bridgehead atoms. The van der Waals surface area contributed by atoms with Crippen LogP contribution in [-0.2, 0) is 10.2 Å². The van der Waals surface area contributed by atoms with Crippen molar-refractivity contribution in [2.75, 3.05) is 19.6 Å². The molecular formula is C19H27FN2O. The van der Waals surface area contributed by atoms with Crippen molar-refractivity contribution in [2.24, 2.45) is 5.92 Å². The van der Waals surface area contributed by atoms with Crippen LogP contribution in [0.2, 0.25) is 0 Å². The molecule has 4 heteroatoms. The van der Waals surface area contributed by atoms with Crippen LogP contribution < -0.4 is 10.6 Å². The molecule has 0 spiro atoms. The van der Waals surface area contributed by atoms with E-state index in [0.717, 1.165) is 57.3 Å². The Morgan fingerprint density at radius 2 is 2.13 bits per heavy atom. The fraction of sp³-hybridized carbons (Fsp3) is 0.632. The fourth-order valence-electron chi connectivity index (χ4n) is 4.14. The van der Waals surface area contributed by atoms with Gasteiger partial charge in [-0.25, -0.2) is 4.39 Å². The van der Waals surface area contributed by atoms with E-state index in [1.54, 1.807) is 6.07 Å². The molecule has 2 fully saturated rings. The van der Waals surface area contributed by atoms with Crippen molar-refractivity contribution in [3.8, 4) is 0 Å². The smallest absolute Gasteiger partial charge is 0.230 e. The first-order valence-electron chi connectivity index (χ1n) is 8.96. The summed E-state index contributed by atoms with van der Waals surface area (Å²) in [6.07, 6.45) is 7.23. The number of nitrogens with one attached hydrogen (secondary N) is 2. The van der Waals surface area contributed by atoms with E-state index in [-0.39, 0.29) is 11.7 Å². The van der Waals surface area contributed by atoms with E-state index in [2.05, 4.69) is 10.6 Å². The Labute approximate surface area is 138 Å². The van der Waals surface area contributed by atoms with Crippen LogP contribution >= 0.6 is 0 Å². The van der Waals surface area contributed by atoms with Gasteiger partial charge in [0.05, 0.1) is 5.41 Å². The third-order valence-electron chi connectivity index (χ3n) is 5.51. The highest BCUT2D eigenvalue weighted by Crippen LogP contribution is 2.41.